The highest BCUT2D eigenvalue weighted by Gasteiger charge is 2.41. The number of thiophene rings is 1. The maximum absolute atomic E-state index is 11.9. The molecule has 0 spiro atoms. The minimum absolute atomic E-state index is 0.244. The first kappa shape index (κ1) is 11.4. The Labute approximate surface area is 84.5 Å². The fraction of sp³-hybridized carbons (Fsp3) is 0.167. The van der Waals surface area contributed by atoms with E-state index in [-0.39, 0.29) is 11.3 Å². The van der Waals surface area contributed by atoms with Gasteiger partial charge >= 0.3 is 11.9 Å². The summed E-state index contributed by atoms with van der Waals surface area (Å²) in [6.07, 6.45) is -5.05. The van der Waals surface area contributed by atoms with Crippen molar-refractivity contribution >= 4 is 27.8 Å². The summed E-state index contributed by atoms with van der Waals surface area (Å²) >= 11 is 0.244. The molecule has 0 atom stereocenters. The third kappa shape index (κ3) is 2.24. The van der Waals surface area contributed by atoms with Crippen molar-refractivity contribution in [3.05, 3.63) is 21.1 Å². The van der Waals surface area contributed by atoms with E-state index in [0.29, 0.717) is 6.07 Å². The van der Waals surface area contributed by atoms with Gasteiger partial charge in [0, 0.05) is 6.07 Å². The minimum Gasteiger partial charge on any atom is -0.385 e. The number of carbonyl (C=O) groups is 1. The van der Waals surface area contributed by atoms with Crippen LogP contribution in [0, 0.1) is 10.1 Å². The molecule has 15 heavy (non-hydrogen) atoms. The largest absolute Gasteiger partial charge is 0.455 e. The van der Waals surface area contributed by atoms with E-state index in [1.54, 1.807) is 0 Å². The van der Waals surface area contributed by atoms with Crippen LogP contribution in [0.5, 0.6) is 0 Å². The van der Waals surface area contributed by atoms with Gasteiger partial charge in [-0.3, -0.25) is 14.9 Å². The van der Waals surface area contributed by atoms with E-state index in [9.17, 15) is 28.1 Å². The van der Waals surface area contributed by atoms with E-state index < -0.39 is 32.4 Å². The van der Waals surface area contributed by atoms with Gasteiger partial charge in [-0.2, -0.15) is 13.2 Å². The first-order valence-electron chi connectivity index (χ1n) is 3.38. The average Bonchev–Trinajstić information content (AvgIpc) is 2.44. The first-order chi connectivity index (χ1) is 6.73. The van der Waals surface area contributed by atoms with E-state index in [0.717, 1.165) is 0 Å². The second-order valence-corrected chi connectivity index (χ2v) is 3.53. The average molecular weight is 240 g/mol. The summed E-state index contributed by atoms with van der Waals surface area (Å²) in [4.78, 5) is 19.2. The van der Waals surface area contributed by atoms with Crippen molar-refractivity contribution in [3.8, 4) is 0 Å². The molecule has 0 amide bonds. The Morgan fingerprint density at radius 1 is 1.53 bits per heavy atom. The molecule has 2 N–H and O–H groups in total. The van der Waals surface area contributed by atoms with Crippen molar-refractivity contribution in [3.63, 3.8) is 0 Å². The molecule has 0 radical (unpaired) electrons. The van der Waals surface area contributed by atoms with Crippen molar-refractivity contribution in [1.82, 2.24) is 0 Å². The van der Waals surface area contributed by atoms with Gasteiger partial charge in [-0.05, 0) is 0 Å². The number of hydrogen-bond donors (Lipinski definition) is 1. The van der Waals surface area contributed by atoms with Gasteiger partial charge in [-0.25, -0.2) is 0 Å². The number of ketones is 1. The molecule has 0 saturated heterocycles. The molecule has 82 valence electrons. The van der Waals surface area contributed by atoms with Gasteiger partial charge in [-0.15, -0.1) is 11.3 Å². The summed E-state index contributed by atoms with van der Waals surface area (Å²) < 4.78 is 35.8. The molecule has 9 heteroatoms. The normalized spacial score (nSPS) is 11.4. The SMILES string of the molecule is Nc1sc(C(=O)C(F)(F)F)cc1[N+](=O)[O-]. The number of hydrogen-bond acceptors (Lipinski definition) is 5. The lowest BCUT2D eigenvalue weighted by Gasteiger charge is -2.00. The lowest BCUT2D eigenvalue weighted by molar-refractivity contribution is -0.383. The van der Waals surface area contributed by atoms with Crippen LogP contribution in [0.25, 0.3) is 0 Å². The number of Topliss-reactive ketones (excluding diaryl/α,β-unsaturated/α-hetero) is 1. The highest BCUT2D eigenvalue weighted by molar-refractivity contribution is 7.18. The fourth-order valence-corrected chi connectivity index (χ4v) is 1.64. The Kier molecular flexibility index (Phi) is 2.67. The Morgan fingerprint density at radius 2 is 2.07 bits per heavy atom. The molecular formula is C6H3F3N2O3S. The lowest BCUT2D eigenvalue weighted by Crippen LogP contribution is -2.21. The van der Waals surface area contributed by atoms with Gasteiger partial charge in [0.2, 0.25) is 0 Å². The number of alkyl halides is 3. The van der Waals surface area contributed by atoms with Crippen LogP contribution in [0.1, 0.15) is 9.67 Å². The van der Waals surface area contributed by atoms with E-state index in [2.05, 4.69) is 0 Å². The molecule has 1 aromatic rings. The summed E-state index contributed by atoms with van der Waals surface area (Å²) in [7, 11) is 0. The number of nitrogens with two attached hydrogens (primary N) is 1. The van der Waals surface area contributed by atoms with Crippen molar-refractivity contribution in [1.29, 1.82) is 0 Å². The maximum Gasteiger partial charge on any atom is 0.455 e. The second kappa shape index (κ2) is 3.50. The van der Waals surface area contributed by atoms with Crippen LogP contribution in [0.2, 0.25) is 0 Å². The molecule has 0 unspecified atom stereocenters. The number of rotatable bonds is 2. The van der Waals surface area contributed by atoms with Crippen molar-refractivity contribution in [2.24, 2.45) is 0 Å². The second-order valence-electron chi connectivity index (χ2n) is 2.44. The summed E-state index contributed by atoms with van der Waals surface area (Å²) in [5.74, 6) is -2.13. The molecule has 1 heterocycles. The Morgan fingerprint density at radius 3 is 2.40 bits per heavy atom. The van der Waals surface area contributed by atoms with E-state index >= 15 is 0 Å². The van der Waals surface area contributed by atoms with E-state index in [1.165, 1.54) is 0 Å². The third-order valence-corrected chi connectivity index (χ3v) is 2.37. The van der Waals surface area contributed by atoms with E-state index in [4.69, 9.17) is 5.73 Å². The summed E-state index contributed by atoms with van der Waals surface area (Å²) in [6.45, 7) is 0. The van der Waals surface area contributed by atoms with Crippen LogP contribution < -0.4 is 5.73 Å². The molecule has 0 saturated carbocycles. The van der Waals surface area contributed by atoms with Crippen molar-refractivity contribution in [2.45, 2.75) is 6.18 Å². The minimum atomic E-state index is -5.05. The monoisotopic (exact) mass is 240 g/mol. The fourth-order valence-electron chi connectivity index (χ4n) is 0.790. The molecule has 0 aliphatic rings. The zero-order chi connectivity index (χ0) is 11.8. The van der Waals surface area contributed by atoms with Gasteiger partial charge in [0.25, 0.3) is 5.78 Å². The molecule has 0 aliphatic heterocycles. The number of nitro groups is 1. The summed E-state index contributed by atoms with van der Waals surface area (Å²) in [5.41, 5.74) is 4.39. The number of anilines is 1. The van der Waals surface area contributed by atoms with Crippen LogP contribution in [0.3, 0.4) is 0 Å². The molecular weight excluding hydrogens is 237 g/mol. The van der Waals surface area contributed by atoms with Crippen LogP contribution in [0.4, 0.5) is 23.9 Å². The molecule has 0 aromatic carbocycles. The Balaban J connectivity index is 3.14. The van der Waals surface area contributed by atoms with Crippen LogP contribution in [0.15, 0.2) is 6.07 Å². The van der Waals surface area contributed by atoms with Gasteiger partial charge in [-0.1, -0.05) is 0 Å². The highest BCUT2D eigenvalue weighted by Crippen LogP contribution is 2.34. The molecule has 0 aliphatic carbocycles. The van der Waals surface area contributed by atoms with Gasteiger partial charge in [0.15, 0.2) is 5.00 Å². The Bertz CT molecular complexity index is 426. The molecule has 1 aromatic heterocycles. The maximum atomic E-state index is 11.9. The van der Waals surface area contributed by atoms with Crippen LogP contribution in [-0.4, -0.2) is 16.9 Å². The molecule has 0 fully saturated rings. The lowest BCUT2D eigenvalue weighted by atomic mass is 10.3. The van der Waals surface area contributed by atoms with Crippen molar-refractivity contribution in [2.75, 3.05) is 5.73 Å². The first-order valence-corrected chi connectivity index (χ1v) is 4.20. The zero-order valence-corrected chi connectivity index (χ0v) is 7.69. The predicted molar refractivity (Wildman–Crippen MR) is 45.8 cm³/mol. The smallest absolute Gasteiger partial charge is 0.385 e. The van der Waals surface area contributed by atoms with Crippen LogP contribution in [-0.2, 0) is 0 Å². The van der Waals surface area contributed by atoms with Crippen LogP contribution >= 0.6 is 11.3 Å². The summed E-state index contributed by atoms with van der Waals surface area (Å²) in [6, 6.07) is 0.524. The van der Waals surface area contributed by atoms with Gasteiger partial charge in [0.1, 0.15) is 0 Å². The van der Waals surface area contributed by atoms with Crippen molar-refractivity contribution < 1.29 is 22.9 Å². The topological polar surface area (TPSA) is 86.2 Å². The van der Waals surface area contributed by atoms with E-state index in [1.807, 2.05) is 0 Å². The molecule has 0 bridgehead atoms. The standard InChI is InChI=1S/C6H3F3N2O3S/c7-6(8,9)4(12)3-1-2(11(13)14)5(10)15-3/h1H,10H2. The van der Waals surface area contributed by atoms with Gasteiger partial charge in [0.05, 0.1) is 9.80 Å². The van der Waals surface area contributed by atoms with Gasteiger partial charge < -0.3 is 5.73 Å². The number of nitrogen functional groups attached to an aromatic ring is 1. The number of carbonyl (C=O) groups excluding carboxylic acids is 1. The predicted octanol–water partition coefficient (Wildman–Crippen LogP) is 1.98. The summed E-state index contributed by atoms with van der Waals surface area (Å²) in [5, 5.41) is 9.82. The highest BCUT2D eigenvalue weighted by atomic mass is 32.1. The molecule has 1 rings (SSSR count). The third-order valence-electron chi connectivity index (χ3n) is 1.42. The number of nitrogens with zero attached hydrogens (tertiary/aromatic N) is 1. The molecule has 5 nitrogen and oxygen atoms in total. The zero-order valence-electron chi connectivity index (χ0n) is 6.87. The Hall–Kier alpha value is -1.64. The number of halogens is 3. The quantitative estimate of drug-likeness (QED) is 0.486.